The van der Waals surface area contributed by atoms with Crippen LogP contribution in [-0.4, -0.2) is 37.8 Å². The molecule has 1 aromatic rings. The number of aryl methyl sites for hydroxylation is 1. The average Bonchev–Trinajstić information content (AvgIpc) is 2.37. The van der Waals surface area contributed by atoms with Crippen molar-refractivity contribution in [3.8, 4) is 0 Å². The van der Waals surface area contributed by atoms with Gasteiger partial charge in [-0.15, -0.1) is 10.2 Å². The van der Waals surface area contributed by atoms with Gasteiger partial charge in [0.05, 0.1) is 7.05 Å². The van der Waals surface area contributed by atoms with Crippen molar-refractivity contribution in [1.82, 2.24) is 20.2 Å². The Morgan fingerprint density at radius 1 is 1.83 bits per heavy atom. The number of aliphatic carboxylic acids is 1. The monoisotopic (exact) mass is 171 g/mol. The summed E-state index contributed by atoms with van der Waals surface area (Å²) in [6, 6.07) is 0. The molecule has 1 heterocycles. The van der Waals surface area contributed by atoms with E-state index in [4.69, 9.17) is 10.8 Å². The lowest BCUT2D eigenvalue weighted by atomic mass is 10.1. The zero-order chi connectivity index (χ0) is 9.14. The molecule has 0 spiro atoms. The molecule has 0 saturated carbocycles. The van der Waals surface area contributed by atoms with E-state index < -0.39 is 11.9 Å². The molecule has 7 heteroatoms. The smallest absolute Gasteiger partial charge is 0.315 e. The molecular weight excluding hydrogens is 162 g/mol. The van der Waals surface area contributed by atoms with Gasteiger partial charge in [0.1, 0.15) is 5.92 Å². The van der Waals surface area contributed by atoms with Gasteiger partial charge >= 0.3 is 5.97 Å². The quantitative estimate of drug-likeness (QED) is 0.563. The minimum Gasteiger partial charge on any atom is -0.481 e. The maximum atomic E-state index is 10.5. The number of carbonyl (C=O) groups is 1. The first kappa shape index (κ1) is 8.60. The molecule has 0 radical (unpaired) electrons. The number of nitrogens with zero attached hydrogens (tertiary/aromatic N) is 4. The third kappa shape index (κ3) is 1.56. The molecule has 0 aliphatic carbocycles. The maximum Gasteiger partial charge on any atom is 0.315 e. The number of hydrogen-bond donors (Lipinski definition) is 2. The van der Waals surface area contributed by atoms with Gasteiger partial charge in [-0.2, -0.15) is 4.80 Å². The van der Waals surface area contributed by atoms with Crippen LogP contribution >= 0.6 is 0 Å². The molecule has 0 saturated heterocycles. The van der Waals surface area contributed by atoms with Crippen molar-refractivity contribution in [2.24, 2.45) is 12.8 Å². The number of hydrogen-bond acceptors (Lipinski definition) is 5. The topological polar surface area (TPSA) is 107 Å². The SMILES string of the molecule is Cn1nnc(C(CN)C(=O)O)n1. The van der Waals surface area contributed by atoms with Gasteiger partial charge < -0.3 is 10.8 Å². The van der Waals surface area contributed by atoms with E-state index in [1.165, 1.54) is 4.80 Å². The summed E-state index contributed by atoms with van der Waals surface area (Å²) in [5, 5.41) is 19.4. The molecule has 1 atom stereocenters. The fourth-order valence-electron chi connectivity index (χ4n) is 0.755. The number of aromatic nitrogens is 4. The highest BCUT2D eigenvalue weighted by Crippen LogP contribution is 2.06. The number of carboxylic acids is 1. The number of tetrazole rings is 1. The lowest BCUT2D eigenvalue weighted by molar-refractivity contribution is -0.138. The Morgan fingerprint density at radius 2 is 2.50 bits per heavy atom. The summed E-state index contributed by atoms with van der Waals surface area (Å²) in [6.07, 6.45) is 0. The van der Waals surface area contributed by atoms with Gasteiger partial charge in [-0.3, -0.25) is 4.79 Å². The van der Waals surface area contributed by atoms with Gasteiger partial charge in [-0.25, -0.2) is 0 Å². The molecule has 12 heavy (non-hydrogen) atoms. The van der Waals surface area contributed by atoms with Crippen molar-refractivity contribution >= 4 is 5.97 Å². The van der Waals surface area contributed by atoms with Crippen LogP contribution in [0.5, 0.6) is 0 Å². The van der Waals surface area contributed by atoms with E-state index in [0.29, 0.717) is 0 Å². The van der Waals surface area contributed by atoms with E-state index in [2.05, 4.69) is 15.4 Å². The summed E-state index contributed by atoms with van der Waals surface area (Å²) in [7, 11) is 1.56. The second kappa shape index (κ2) is 3.26. The van der Waals surface area contributed by atoms with E-state index in [9.17, 15) is 4.79 Å². The summed E-state index contributed by atoms with van der Waals surface area (Å²) in [4.78, 5) is 11.7. The van der Waals surface area contributed by atoms with Crippen LogP contribution in [-0.2, 0) is 11.8 Å². The third-order valence-electron chi connectivity index (χ3n) is 1.37. The minimum absolute atomic E-state index is 0.0268. The number of rotatable bonds is 3. The van der Waals surface area contributed by atoms with Crippen LogP contribution < -0.4 is 5.73 Å². The summed E-state index contributed by atoms with van der Waals surface area (Å²) >= 11 is 0. The van der Waals surface area contributed by atoms with Crippen LogP contribution in [0.3, 0.4) is 0 Å². The van der Waals surface area contributed by atoms with Gasteiger partial charge in [-0.05, 0) is 5.21 Å². The standard InChI is InChI=1S/C5H9N5O2/c1-10-8-4(7-9-10)3(2-6)5(11)12/h3H,2,6H2,1H3,(H,11,12). The lowest BCUT2D eigenvalue weighted by Crippen LogP contribution is -2.22. The average molecular weight is 171 g/mol. The molecule has 0 bridgehead atoms. The first-order valence-electron chi connectivity index (χ1n) is 3.32. The molecule has 0 aliphatic rings. The molecule has 66 valence electrons. The van der Waals surface area contributed by atoms with Crippen molar-refractivity contribution in [3.05, 3.63) is 5.82 Å². The minimum atomic E-state index is -1.04. The Labute approximate surface area is 68.2 Å². The Kier molecular flexibility index (Phi) is 2.34. The molecule has 1 rings (SSSR count). The molecule has 0 amide bonds. The summed E-state index contributed by atoms with van der Waals surface area (Å²) in [6.45, 7) is -0.0268. The second-order valence-electron chi connectivity index (χ2n) is 2.26. The van der Waals surface area contributed by atoms with Crippen LogP contribution in [0.15, 0.2) is 0 Å². The van der Waals surface area contributed by atoms with E-state index >= 15 is 0 Å². The van der Waals surface area contributed by atoms with Crippen LogP contribution in [0.25, 0.3) is 0 Å². The van der Waals surface area contributed by atoms with Crippen molar-refractivity contribution in [2.45, 2.75) is 5.92 Å². The molecule has 7 nitrogen and oxygen atoms in total. The van der Waals surface area contributed by atoms with Gasteiger partial charge in [0.25, 0.3) is 0 Å². The van der Waals surface area contributed by atoms with Gasteiger partial charge in [-0.1, -0.05) is 0 Å². The predicted molar refractivity (Wildman–Crippen MR) is 38.2 cm³/mol. The molecular formula is C5H9N5O2. The van der Waals surface area contributed by atoms with Crippen LogP contribution in [0.4, 0.5) is 0 Å². The van der Waals surface area contributed by atoms with E-state index in [-0.39, 0.29) is 12.4 Å². The van der Waals surface area contributed by atoms with E-state index in [0.717, 1.165) is 0 Å². The molecule has 0 aromatic carbocycles. The molecule has 1 unspecified atom stereocenters. The van der Waals surface area contributed by atoms with Gasteiger partial charge in [0.2, 0.25) is 0 Å². The van der Waals surface area contributed by atoms with Crippen LogP contribution in [0.2, 0.25) is 0 Å². The lowest BCUT2D eigenvalue weighted by Gasteiger charge is -2.01. The Morgan fingerprint density at radius 3 is 2.83 bits per heavy atom. The van der Waals surface area contributed by atoms with E-state index in [1.54, 1.807) is 7.05 Å². The van der Waals surface area contributed by atoms with Crippen molar-refractivity contribution in [1.29, 1.82) is 0 Å². The molecule has 3 N–H and O–H groups in total. The Hall–Kier alpha value is -1.50. The highest BCUT2D eigenvalue weighted by Gasteiger charge is 2.22. The predicted octanol–water partition coefficient (Wildman–Crippen LogP) is -1.66. The highest BCUT2D eigenvalue weighted by molar-refractivity contribution is 5.74. The number of nitrogens with two attached hydrogens (primary N) is 1. The largest absolute Gasteiger partial charge is 0.481 e. The molecule has 0 fully saturated rings. The first-order chi connectivity index (χ1) is 5.65. The fraction of sp³-hybridized carbons (Fsp3) is 0.600. The fourth-order valence-corrected chi connectivity index (χ4v) is 0.755. The Bertz CT molecular complexity index is 283. The van der Waals surface area contributed by atoms with Crippen LogP contribution in [0, 0.1) is 0 Å². The van der Waals surface area contributed by atoms with Crippen molar-refractivity contribution in [2.75, 3.05) is 6.54 Å². The van der Waals surface area contributed by atoms with Gasteiger partial charge in [0, 0.05) is 6.54 Å². The van der Waals surface area contributed by atoms with Crippen LogP contribution in [0.1, 0.15) is 11.7 Å². The van der Waals surface area contributed by atoms with Crippen molar-refractivity contribution < 1.29 is 9.90 Å². The molecule has 1 aromatic heterocycles. The number of carboxylic acid groups (broad SMARTS) is 1. The Balaban J connectivity index is 2.87. The highest BCUT2D eigenvalue weighted by atomic mass is 16.4. The van der Waals surface area contributed by atoms with E-state index in [1.807, 2.05) is 0 Å². The normalized spacial score (nSPS) is 12.8. The first-order valence-corrected chi connectivity index (χ1v) is 3.32. The summed E-state index contributed by atoms with van der Waals surface area (Å²) < 4.78 is 0. The summed E-state index contributed by atoms with van der Waals surface area (Å²) in [5.41, 5.74) is 5.22. The van der Waals surface area contributed by atoms with Gasteiger partial charge in [0.15, 0.2) is 5.82 Å². The van der Waals surface area contributed by atoms with Crippen molar-refractivity contribution in [3.63, 3.8) is 0 Å². The maximum absolute atomic E-state index is 10.5. The third-order valence-corrected chi connectivity index (χ3v) is 1.37. The second-order valence-corrected chi connectivity index (χ2v) is 2.26. The zero-order valence-corrected chi connectivity index (χ0v) is 6.51. The summed E-state index contributed by atoms with van der Waals surface area (Å²) in [5.74, 6) is -1.75. The zero-order valence-electron chi connectivity index (χ0n) is 6.51. The molecule has 0 aliphatic heterocycles.